The maximum Gasteiger partial charge on any atom is 0.230 e. The molecule has 3 aliphatic rings. The quantitative estimate of drug-likeness (QED) is 0.828. The fourth-order valence-electron chi connectivity index (χ4n) is 5.15. The molecular weight excluding hydrogens is 315 g/mol. The number of rotatable bonds is 3. The Labute approximate surface area is 150 Å². The minimum Gasteiger partial charge on any atom is -0.338 e. The lowest BCUT2D eigenvalue weighted by atomic mass is 9.78. The van der Waals surface area contributed by atoms with E-state index in [0.717, 1.165) is 44.5 Å². The van der Waals surface area contributed by atoms with Crippen molar-refractivity contribution in [1.82, 2.24) is 9.80 Å². The van der Waals surface area contributed by atoms with E-state index in [1.54, 1.807) is 12.1 Å². The van der Waals surface area contributed by atoms with Crippen molar-refractivity contribution in [2.45, 2.75) is 64.0 Å². The van der Waals surface area contributed by atoms with Crippen molar-refractivity contribution in [3.8, 4) is 0 Å². The summed E-state index contributed by atoms with van der Waals surface area (Å²) in [6.07, 6.45) is 9.83. The lowest BCUT2D eigenvalue weighted by Crippen LogP contribution is -2.50. The van der Waals surface area contributed by atoms with E-state index in [0.29, 0.717) is 18.5 Å². The third kappa shape index (κ3) is 3.46. The van der Waals surface area contributed by atoms with E-state index in [4.69, 9.17) is 0 Å². The third-order valence-electron chi connectivity index (χ3n) is 6.59. The van der Waals surface area contributed by atoms with Crippen LogP contribution < -0.4 is 0 Å². The van der Waals surface area contributed by atoms with Crippen molar-refractivity contribution < 1.29 is 9.18 Å². The molecule has 1 amide bonds. The van der Waals surface area contributed by atoms with Crippen LogP contribution in [-0.2, 0) is 11.3 Å². The van der Waals surface area contributed by atoms with Gasteiger partial charge in [-0.15, -0.1) is 0 Å². The Kier molecular flexibility index (Phi) is 4.81. The highest BCUT2D eigenvalue weighted by Gasteiger charge is 2.49. The predicted molar refractivity (Wildman–Crippen MR) is 96.5 cm³/mol. The summed E-state index contributed by atoms with van der Waals surface area (Å²) in [4.78, 5) is 17.9. The van der Waals surface area contributed by atoms with Crippen molar-refractivity contribution in [3.63, 3.8) is 0 Å². The third-order valence-corrected chi connectivity index (χ3v) is 6.59. The maximum absolute atomic E-state index is 13.3. The monoisotopic (exact) mass is 344 g/mol. The number of carbonyl (C=O) groups excluding carboxylic acids is 1. The topological polar surface area (TPSA) is 23.6 Å². The summed E-state index contributed by atoms with van der Waals surface area (Å²) in [6, 6.07) is 7.27. The van der Waals surface area contributed by atoms with E-state index in [-0.39, 0.29) is 11.2 Å². The molecule has 1 aromatic rings. The molecule has 1 saturated carbocycles. The Morgan fingerprint density at radius 3 is 2.52 bits per heavy atom. The maximum atomic E-state index is 13.3. The first-order valence-electron chi connectivity index (χ1n) is 9.94. The Hall–Kier alpha value is -1.42. The first kappa shape index (κ1) is 17.0. The largest absolute Gasteiger partial charge is 0.338 e. The number of benzene rings is 1. The smallest absolute Gasteiger partial charge is 0.230 e. The van der Waals surface area contributed by atoms with Crippen LogP contribution in [-0.4, -0.2) is 41.4 Å². The molecule has 1 spiro atoms. The Morgan fingerprint density at radius 2 is 1.76 bits per heavy atom. The lowest BCUT2D eigenvalue weighted by Gasteiger charge is -2.40. The highest BCUT2D eigenvalue weighted by atomic mass is 19.1. The molecule has 4 rings (SSSR count). The molecule has 0 radical (unpaired) electrons. The summed E-state index contributed by atoms with van der Waals surface area (Å²) >= 11 is 0. The predicted octanol–water partition coefficient (Wildman–Crippen LogP) is 3.97. The number of hydrogen-bond acceptors (Lipinski definition) is 2. The van der Waals surface area contributed by atoms with Crippen LogP contribution in [0.5, 0.6) is 0 Å². The van der Waals surface area contributed by atoms with Gasteiger partial charge in [-0.05, 0) is 56.3 Å². The number of carbonyl (C=O) groups is 1. The molecule has 0 bridgehead atoms. The van der Waals surface area contributed by atoms with Crippen molar-refractivity contribution in [3.05, 3.63) is 35.6 Å². The molecule has 3 fully saturated rings. The van der Waals surface area contributed by atoms with E-state index in [1.165, 1.54) is 44.2 Å². The molecule has 2 aliphatic heterocycles. The number of hydrogen-bond donors (Lipinski definition) is 0. The fourth-order valence-corrected chi connectivity index (χ4v) is 5.15. The normalized spacial score (nSPS) is 28.8. The van der Waals surface area contributed by atoms with E-state index in [9.17, 15) is 9.18 Å². The highest BCUT2D eigenvalue weighted by Crippen LogP contribution is 2.42. The molecule has 136 valence electrons. The van der Waals surface area contributed by atoms with Gasteiger partial charge in [-0.25, -0.2) is 4.39 Å². The summed E-state index contributed by atoms with van der Waals surface area (Å²) in [6.45, 7) is 3.49. The number of nitrogens with zero attached hydrogens (tertiary/aromatic N) is 2. The van der Waals surface area contributed by atoms with Crippen molar-refractivity contribution in [2.24, 2.45) is 5.41 Å². The van der Waals surface area contributed by atoms with Gasteiger partial charge in [-0.1, -0.05) is 31.4 Å². The second-order valence-electron chi connectivity index (χ2n) is 8.25. The highest BCUT2D eigenvalue weighted by molar-refractivity contribution is 5.84. The molecule has 1 aliphatic carbocycles. The van der Waals surface area contributed by atoms with Gasteiger partial charge in [0.05, 0.1) is 5.41 Å². The molecule has 2 saturated heterocycles. The van der Waals surface area contributed by atoms with Crippen LogP contribution in [0, 0.1) is 11.2 Å². The second-order valence-corrected chi connectivity index (χ2v) is 8.25. The van der Waals surface area contributed by atoms with E-state index < -0.39 is 0 Å². The minimum atomic E-state index is -0.218. The molecule has 1 unspecified atom stereocenters. The van der Waals surface area contributed by atoms with Crippen molar-refractivity contribution in [1.29, 1.82) is 0 Å². The van der Waals surface area contributed by atoms with Gasteiger partial charge in [0.1, 0.15) is 5.82 Å². The Morgan fingerprint density at radius 1 is 1.00 bits per heavy atom. The van der Waals surface area contributed by atoms with Gasteiger partial charge in [0.25, 0.3) is 0 Å². The van der Waals surface area contributed by atoms with Gasteiger partial charge in [-0.2, -0.15) is 0 Å². The van der Waals surface area contributed by atoms with Crippen LogP contribution in [0.4, 0.5) is 4.39 Å². The summed E-state index contributed by atoms with van der Waals surface area (Å²) in [7, 11) is 0. The van der Waals surface area contributed by atoms with Gasteiger partial charge in [0, 0.05) is 25.7 Å². The van der Waals surface area contributed by atoms with Crippen LogP contribution in [0.25, 0.3) is 0 Å². The van der Waals surface area contributed by atoms with Crippen molar-refractivity contribution >= 4 is 5.91 Å². The van der Waals surface area contributed by atoms with Gasteiger partial charge in [-0.3, -0.25) is 9.69 Å². The van der Waals surface area contributed by atoms with E-state index in [2.05, 4.69) is 4.90 Å². The average molecular weight is 344 g/mol. The summed E-state index contributed by atoms with van der Waals surface area (Å²) in [5.41, 5.74) is 0.865. The average Bonchev–Trinajstić information content (AvgIpc) is 3.07. The number of likely N-dealkylation sites (tertiary alicyclic amines) is 2. The zero-order valence-electron chi connectivity index (χ0n) is 15.1. The standard InChI is InChI=1S/C21H29FN2O/c22-18-9-7-17(8-10-18)15-23-13-4-11-21(20(23)25)12-14-24(16-21)19-5-2-1-3-6-19/h7-10,19H,1-6,11-16H2. The van der Waals surface area contributed by atoms with Crippen molar-refractivity contribution in [2.75, 3.05) is 19.6 Å². The Bertz CT molecular complexity index is 611. The zero-order valence-corrected chi connectivity index (χ0v) is 15.1. The number of halogens is 1. The van der Waals surface area contributed by atoms with Gasteiger partial charge in [0.15, 0.2) is 0 Å². The summed E-state index contributed by atoms with van der Waals surface area (Å²) < 4.78 is 13.1. The van der Waals surface area contributed by atoms with Crippen LogP contribution >= 0.6 is 0 Å². The molecule has 1 aromatic carbocycles. The molecule has 0 N–H and O–H groups in total. The first-order valence-corrected chi connectivity index (χ1v) is 9.94. The molecule has 4 heteroatoms. The van der Waals surface area contributed by atoms with E-state index >= 15 is 0 Å². The number of amides is 1. The molecule has 25 heavy (non-hydrogen) atoms. The second kappa shape index (κ2) is 7.06. The van der Waals surface area contributed by atoms with Crippen LogP contribution in [0.2, 0.25) is 0 Å². The van der Waals surface area contributed by atoms with Crippen LogP contribution in [0.1, 0.15) is 56.9 Å². The molecule has 0 aromatic heterocycles. The Balaban J connectivity index is 1.43. The minimum absolute atomic E-state index is 0.157. The summed E-state index contributed by atoms with van der Waals surface area (Å²) in [5, 5.41) is 0. The lowest BCUT2D eigenvalue weighted by molar-refractivity contribution is -0.146. The fraction of sp³-hybridized carbons (Fsp3) is 0.667. The van der Waals surface area contributed by atoms with Crippen LogP contribution in [0.15, 0.2) is 24.3 Å². The molecule has 3 nitrogen and oxygen atoms in total. The SMILES string of the molecule is O=C1N(Cc2ccc(F)cc2)CCCC12CCN(C1CCCCC1)C2. The zero-order chi connectivity index (χ0) is 17.3. The molecule has 2 heterocycles. The van der Waals surface area contributed by atoms with E-state index in [1.807, 2.05) is 4.90 Å². The summed E-state index contributed by atoms with van der Waals surface area (Å²) in [5.74, 6) is 0.116. The molecule has 1 atom stereocenters. The van der Waals surface area contributed by atoms with Gasteiger partial charge < -0.3 is 4.90 Å². The van der Waals surface area contributed by atoms with Gasteiger partial charge >= 0.3 is 0 Å². The van der Waals surface area contributed by atoms with Crippen LogP contribution in [0.3, 0.4) is 0 Å². The first-order chi connectivity index (χ1) is 12.2. The van der Waals surface area contributed by atoms with Gasteiger partial charge in [0.2, 0.25) is 5.91 Å². The molecular formula is C21H29FN2O. The number of piperidine rings is 1.